The number of carboxylic acid groups (broad SMARTS) is 2. The van der Waals surface area contributed by atoms with E-state index in [0.717, 1.165) is 0 Å². The number of aliphatic carboxylic acids is 2. The summed E-state index contributed by atoms with van der Waals surface area (Å²) in [7, 11) is 0. The van der Waals surface area contributed by atoms with Crippen molar-refractivity contribution in [3.05, 3.63) is 36.0 Å². The quantitative estimate of drug-likeness (QED) is 0.0152. The fourth-order valence-corrected chi connectivity index (χ4v) is 6.91. The third-order valence-corrected chi connectivity index (χ3v) is 11.2. The van der Waals surface area contributed by atoms with E-state index in [1.54, 1.807) is 44.3 Å². The summed E-state index contributed by atoms with van der Waals surface area (Å²) in [5.41, 5.74) is 23.5. The number of H-pyrrole nitrogens is 1. The molecule has 1 aromatic carbocycles. The number of hydrogen-bond acceptors (Lipinski definition) is 14. The first kappa shape index (κ1) is 57.0. The van der Waals surface area contributed by atoms with Crippen molar-refractivity contribution in [1.82, 2.24) is 42.2 Å². The van der Waals surface area contributed by atoms with E-state index in [2.05, 4.69) is 72.5 Å². The second kappa shape index (κ2) is 29.5. The molecule has 18 N–H and O–H groups in total. The molecule has 0 bridgehead atoms. The van der Waals surface area contributed by atoms with Crippen molar-refractivity contribution in [2.75, 3.05) is 31.1 Å². The third kappa shape index (κ3) is 19.7. The van der Waals surface area contributed by atoms with E-state index in [1.807, 2.05) is 0 Å². The summed E-state index contributed by atoms with van der Waals surface area (Å²) in [4.78, 5) is 125. The van der Waals surface area contributed by atoms with Crippen LogP contribution in [0.4, 0.5) is 0 Å². The maximum absolute atomic E-state index is 14.0. The Bertz CT molecular complexity index is 2050. The molecule has 1 aromatic heterocycles. The number of nitrogens with one attached hydrogen (secondary N) is 8. The minimum atomic E-state index is -1.76. The van der Waals surface area contributed by atoms with Gasteiger partial charge in [0.05, 0.1) is 19.0 Å². The standard InChI is InChI=1S/C41H65N13O11S2/c1-3-21(2)33(39(63)53-30(20-67)40(64)65)54-37(61)26(12-8-14-46-41(44)45)49-31(55)18-48-35(59)28(15-22-17-47-25-10-5-4-9-23(22)25)51-38(62)29(16-32(56)57)52-36(60)27(11-6-7-13-42)50-34(58)24(43)19-66/h4-5,9-10,17,21,24,26-30,33,47,66-67H,3,6-8,11-16,18-20,42-43H2,1-2H3,(H,48,59)(H,49,55)(H,50,58)(H,51,62)(H,52,60)(H,53,63)(H,54,61)(H,56,57)(H,64,65)(H4,44,45,46)/t21-,24-,26-,27-,28-,29-,30-,33-/m0/s1. The number of fused-ring (bicyclic) bond motifs is 1. The van der Waals surface area contributed by atoms with Crippen LogP contribution in [-0.2, 0) is 49.6 Å². The predicted molar refractivity (Wildman–Crippen MR) is 254 cm³/mol. The highest BCUT2D eigenvalue weighted by atomic mass is 32.1. The van der Waals surface area contributed by atoms with Gasteiger partial charge in [-0.2, -0.15) is 25.3 Å². The molecule has 1 heterocycles. The van der Waals surface area contributed by atoms with Crippen molar-refractivity contribution in [2.24, 2.45) is 33.8 Å². The summed E-state index contributed by atoms with van der Waals surface area (Å²) in [6.45, 7) is 3.01. The maximum atomic E-state index is 14.0. The Hall–Kier alpha value is -6.12. The first-order chi connectivity index (χ1) is 31.8. The minimum Gasteiger partial charge on any atom is -0.481 e. The zero-order valence-electron chi connectivity index (χ0n) is 37.4. The van der Waals surface area contributed by atoms with E-state index in [4.69, 9.17) is 22.9 Å². The van der Waals surface area contributed by atoms with Gasteiger partial charge in [-0.3, -0.25) is 43.3 Å². The third-order valence-electron chi connectivity index (χ3n) is 10.5. The molecule has 24 nitrogen and oxygen atoms in total. The van der Waals surface area contributed by atoms with Crippen LogP contribution in [0.15, 0.2) is 35.5 Å². The average Bonchev–Trinajstić information content (AvgIpc) is 3.70. The number of nitrogens with zero attached hydrogens (tertiary/aromatic N) is 1. The summed E-state index contributed by atoms with van der Waals surface area (Å²) < 4.78 is 0. The molecule has 2 aromatic rings. The molecule has 26 heteroatoms. The number of rotatable bonds is 31. The fraction of sp³-hybridized carbons (Fsp3) is 0.561. The van der Waals surface area contributed by atoms with E-state index in [9.17, 15) is 53.4 Å². The number of hydrogen-bond donors (Lipinski definition) is 16. The Morgan fingerprint density at radius 1 is 0.731 bits per heavy atom. The van der Waals surface area contributed by atoms with Gasteiger partial charge >= 0.3 is 11.9 Å². The lowest BCUT2D eigenvalue weighted by atomic mass is 9.97. The Kier molecular flexibility index (Phi) is 25.1. The van der Waals surface area contributed by atoms with Crippen LogP contribution >= 0.6 is 25.3 Å². The summed E-state index contributed by atoms with van der Waals surface area (Å²) in [5.74, 6) is -9.90. The van der Waals surface area contributed by atoms with Crippen molar-refractivity contribution in [1.29, 1.82) is 0 Å². The highest BCUT2D eigenvalue weighted by molar-refractivity contribution is 7.80. The molecule has 0 spiro atoms. The number of aromatic amines is 1. The molecule has 0 aliphatic carbocycles. The maximum Gasteiger partial charge on any atom is 0.327 e. The number of nitrogens with two attached hydrogens (primary N) is 4. The van der Waals surface area contributed by atoms with E-state index < -0.39 is 114 Å². The van der Waals surface area contributed by atoms with Crippen LogP contribution in [0.3, 0.4) is 0 Å². The number of guanidine groups is 1. The number of carbonyl (C=O) groups excluding carboxylic acids is 7. The zero-order valence-corrected chi connectivity index (χ0v) is 39.2. The minimum absolute atomic E-state index is 0.0425. The van der Waals surface area contributed by atoms with Crippen LogP contribution in [0.1, 0.15) is 64.4 Å². The Morgan fingerprint density at radius 2 is 1.33 bits per heavy atom. The number of unbranched alkanes of at least 4 members (excludes halogenated alkanes) is 1. The molecule has 0 aliphatic rings. The van der Waals surface area contributed by atoms with Gasteiger partial charge in [0.1, 0.15) is 36.3 Å². The monoisotopic (exact) mass is 979 g/mol. The number of aromatic nitrogens is 1. The summed E-state index contributed by atoms with van der Waals surface area (Å²) in [6.07, 6.45) is 1.92. The lowest BCUT2D eigenvalue weighted by molar-refractivity contribution is -0.142. The van der Waals surface area contributed by atoms with Gasteiger partial charge in [0, 0.05) is 41.6 Å². The molecule has 2 rings (SSSR count). The normalized spacial score (nSPS) is 14.6. The first-order valence-corrected chi connectivity index (χ1v) is 22.8. The summed E-state index contributed by atoms with van der Waals surface area (Å²) in [5, 5.41) is 37.2. The molecule has 67 heavy (non-hydrogen) atoms. The molecular weight excluding hydrogens is 915 g/mol. The van der Waals surface area contributed by atoms with E-state index in [-0.39, 0.29) is 56.2 Å². The number of para-hydroxylation sites is 1. The molecule has 372 valence electrons. The van der Waals surface area contributed by atoms with Crippen LogP contribution in [0.2, 0.25) is 0 Å². The lowest BCUT2D eigenvalue weighted by Gasteiger charge is -2.27. The molecule has 0 unspecified atom stereocenters. The van der Waals surface area contributed by atoms with Gasteiger partial charge in [0.15, 0.2) is 5.96 Å². The van der Waals surface area contributed by atoms with Crippen molar-refractivity contribution in [3.8, 4) is 0 Å². The van der Waals surface area contributed by atoms with Crippen LogP contribution in [0.25, 0.3) is 10.9 Å². The molecule has 0 fully saturated rings. The summed E-state index contributed by atoms with van der Waals surface area (Å²) >= 11 is 7.99. The highest BCUT2D eigenvalue weighted by Gasteiger charge is 2.34. The largest absolute Gasteiger partial charge is 0.481 e. The Morgan fingerprint density at radius 3 is 1.94 bits per heavy atom. The Balaban J connectivity index is 2.40. The number of carbonyl (C=O) groups is 9. The lowest BCUT2D eigenvalue weighted by Crippen LogP contribution is -2.59. The number of aliphatic imine (C=N–C) groups is 1. The van der Waals surface area contributed by atoms with Gasteiger partial charge in [-0.25, -0.2) is 4.79 Å². The van der Waals surface area contributed by atoms with Gasteiger partial charge < -0.3 is 75.3 Å². The molecular formula is C41H65N13O11S2. The molecule has 0 saturated carbocycles. The predicted octanol–water partition coefficient (Wildman–Crippen LogP) is -3.29. The van der Waals surface area contributed by atoms with E-state index >= 15 is 0 Å². The fourth-order valence-electron chi connectivity index (χ4n) is 6.49. The van der Waals surface area contributed by atoms with Crippen LogP contribution < -0.4 is 60.2 Å². The topological polar surface area (TPSA) is 411 Å². The SMILES string of the molecule is CC[C@H](C)[C@H](NC(=O)[C@H](CCCN=C(N)N)NC(=O)CNC(=O)[C@H](Cc1c[nH]c2ccccc12)NC(=O)[C@H](CC(=O)O)NC(=O)[C@H](CCCCN)NC(=O)[C@@H](N)CS)C(=O)N[C@@H](CS)C(=O)O. The van der Waals surface area contributed by atoms with Gasteiger partial charge in [-0.1, -0.05) is 38.5 Å². The number of carboxylic acids is 2. The van der Waals surface area contributed by atoms with Crippen molar-refractivity contribution < 1.29 is 53.4 Å². The van der Waals surface area contributed by atoms with Gasteiger partial charge in [0.2, 0.25) is 41.4 Å². The molecule has 0 radical (unpaired) electrons. The summed E-state index contributed by atoms with van der Waals surface area (Å²) in [6, 6.07) is -2.40. The highest BCUT2D eigenvalue weighted by Crippen LogP contribution is 2.19. The average molecular weight is 980 g/mol. The number of thiol groups is 2. The van der Waals surface area contributed by atoms with Crippen LogP contribution in [0.5, 0.6) is 0 Å². The Labute approximate surface area is 398 Å². The van der Waals surface area contributed by atoms with Gasteiger partial charge in [-0.15, -0.1) is 0 Å². The number of benzene rings is 1. The molecule has 7 amide bonds. The molecule has 0 saturated heterocycles. The molecule has 8 atom stereocenters. The number of amides is 7. The second-order valence-electron chi connectivity index (χ2n) is 15.7. The van der Waals surface area contributed by atoms with Gasteiger partial charge in [0.25, 0.3) is 0 Å². The van der Waals surface area contributed by atoms with Crippen molar-refractivity contribution >= 4 is 95.4 Å². The van der Waals surface area contributed by atoms with Crippen LogP contribution in [-0.4, -0.2) is 148 Å². The van der Waals surface area contributed by atoms with Crippen molar-refractivity contribution in [3.63, 3.8) is 0 Å². The zero-order chi connectivity index (χ0) is 50.2. The van der Waals surface area contributed by atoms with Gasteiger partial charge in [-0.05, 0) is 56.2 Å². The molecule has 0 aliphatic heterocycles. The second-order valence-corrected chi connectivity index (χ2v) is 16.4. The van der Waals surface area contributed by atoms with Crippen LogP contribution in [0, 0.1) is 5.92 Å². The van der Waals surface area contributed by atoms with E-state index in [0.29, 0.717) is 35.7 Å². The smallest absolute Gasteiger partial charge is 0.327 e. The van der Waals surface area contributed by atoms with Crippen molar-refractivity contribution in [2.45, 2.75) is 108 Å². The van der Waals surface area contributed by atoms with E-state index in [1.165, 1.54) is 0 Å². The first-order valence-electron chi connectivity index (χ1n) is 21.6.